The zero-order valence-corrected chi connectivity index (χ0v) is 11.5. The van der Waals surface area contributed by atoms with Crippen LogP contribution in [0.4, 0.5) is 0 Å². The maximum Gasteiger partial charge on any atom is 0.289 e. The Morgan fingerprint density at radius 2 is 2.05 bits per heavy atom. The average Bonchev–Trinajstić information content (AvgIpc) is 2.92. The predicted octanol–water partition coefficient (Wildman–Crippen LogP) is 2.97. The Hall–Kier alpha value is -1.78. The van der Waals surface area contributed by atoms with E-state index in [2.05, 4.69) is 0 Å². The molecule has 5 heteroatoms. The zero-order chi connectivity index (χ0) is 13.9. The molecule has 1 fully saturated rings. The normalized spacial score (nSPS) is 15.2. The minimum Gasteiger partial charge on any atom is -0.459 e. The van der Waals surface area contributed by atoms with E-state index in [1.54, 1.807) is 17.0 Å². The average molecular weight is 292 g/mol. The number of furan rings is 1. The molecule has 1 aromatic heterocycles. The molecule has 1 aromatic carbocycles. The fourth-order valence-electron chi connectivity index (χ4n) is 2.06. The summed E-state index contributed by atoms with van der Waals surface area (Å²) in [5, 5.41) is 0.715. The molecule has 3 rings (SSSR count). The number of ether oxygens (including phenoxy) is 1. The number of carbonyl (C=O) groups is 1. The second kappa shape index (κ2) is 5.69. The van der Waals surface area contributed by atoms with Crippen molar-refractivity contribution in [2.24, 2.45) is 0 Å². The summed E-state index contributed by atoms with van der Waals surface area (Å²) in [6, 6.07) is 10.9. The fraction of sp³-hybridized carbons (Fsp3) is 0.267. The van der Waals surface area contributed by atoms with Gasteiger partial charge in [-0.15, -0.1) is 0 Å². The number of amides is 1. The quantitative estimate of drug-likeness (QED) is 0.870. The molecule has 0 saturated carbocycles. The Morgan fingerprint density at radius 3 is 2.70 bits per heavy atom. The van der Waals surface area contributed by atoms with Crippen molar-refractivity contribution < 1.29 is 13.9 Å². The van der Waals surface area contributed by atoms with Crippen LogP contribution < -0.4 is 0 Å². The smallest absolute Gasteiger partial charge is 0.289 e. The third-order valence-corrected chi connectivity index (χ3v) is 3.52. The summed E-state index contributed by atoms with van der Waals surface area (Å²) in [7, 11) is 0. The topological polar surface area (TPSA) is 42.7 Å². The van der Waals surface area contributed by atoms with E-state index in [4.69, 9.17) is 20.8 Å². The number of hydrogen-bond donors (Lipinski definition) is 0. The second-order valence-corrected chi connectivity index (χ2v) is 5.18. The van der Waals surface area contributed by atoms with Gasteiger partial charge in [-0.1, -0.05) is 23.7 Å². The lowest BCUT2D eigenvalue weighted by Crippen LogP contribution is -2.54. The first kappa shape index (κ1) is 13.2. The monoisotopic (exact) mass is 291 g/mol. The summed E-state index contributed by atoms with van der Waals surface area (Å²) >= 11 is 5.82. The molecule has 1 saturated heterocycles. The number of rotatable bonds is 4. The molecular formula is C15H14ClNO3. The Labute approximate surface area is 121 Å². The van der Waals surface area contributed by atoms with E-state index >= 15 is 0 Å². The van der Waals surface area contributed by atoms with Crippen LogP contribution in [-0.4, -0.2) is 30.0 Å². The summed E-state index contributed by atoms with van der Waals surface area (Å²) in [4.78, 5) is 13.6. The molecule has 4 nitrogen and oxygen atoms in total. The third kappa shape index (κ3) is 2.86. The molecule has 1 amide bonds. The maximum atomic E-state index is 11.9. The van der Waals surface area contributed by atoms with Crippen molar-refractivity contribution >= 4 is 17.5 Å². The van der Waals surface area contributed by atoms with Gasteiger partial charge in [0.1, 0.15) is 0 Å². The first-order chi connectivity index (χ1) is 9.72. The maximum absolute atomic E-state index is 11.9. The fourth-order valence-corrected chi connectivity index (χ4v) is 2.19. The van der Waals surface area contributed by atoms with Crippen LogP contribution in [0, 0.1) is 0 Å². The Kier molecular flexibility index (Phi) is 3.76. The van der Waals surface area contributed by atoms with Crippen LogP contribution in [0.2, 0.25) is 5.02 Å². The Bertz CT molecular complexity index is 574. The van der Waals surface area contributed by atoms with Crippen LogP contribution in [-0.2, 0) is 11.3 Å². The number of nitrogens with zero attached hydrogens (tertiary/aromatic N) is 1. The molecule has 0 spiro atoms. The lowest BCUT2D eigenvalue weighted by Gasteiger charge is -2.38. The Morgan fingerprint density at radius 1 is 1.30 bits per heavy atom. The third-order valence-electron chi connectivity index (χ3n) is 3.27. The van der Waals surface area contributed by atoms with Crippen molar-refractivity contribution in [3.05, 3.63) is 59.0 Å². The number of likely N-dealkylation sites (tertiary alicyclic amines) is 1. The van der Waals surface area contributed by atoms with E-state index in [9.17, 15) is 4.79 Å². The van der Waals surface area contributed by atoms with E-state index in [0.717, 1.165) is 5.56 Å². The molecule has 20 heavy (non-hydrogen) atoms. The molecule has 0 N–H and O–H groups in total. The van der Waals surface area contributed by atoms with Crippen LogP contribution in [0.1, 0.15) is 16.1 Å². The highest BCUT2D eigenvalue weighted by Crippen LogP contribution is 2.18. The van der Waals surface area contributed by atoms with Gasteiger partial charge < -0.3 is 14.1 Å². The number of benzene rings is 1. The van der Waals surface area contributed by atoms with Gasteiger partial charge in [-0.05, 0) is 29.8 Å². The number of hydrogen-bond acceptors (Lipinski definition) is 3. The van der Waals surface area contributed by atoms with Gasteiger partial charge >= 0.3 is 0 Å². The number of halogens is 1. The van der Waals surface area contributed by atoms with Crippen molar-refractivity contribution in [2.75, 3.05) is 13.1 Å². The highest BCUT2D eigenvalue weighted by atomic mass is 35.5. The minimum atomic E-state index is -0.0821. The number of carbonyl (C=O) groups excluding carboxylic acids is 1. The van der Waals surface area contributed by atoms with E-state index in [0.29, 0.717) is 30.5 Å². The lowest BCUT2D eigenvalue weighted by atomic mass is 10.1. The van der Waals surface area contributed by atoms with Crippen LogP contribution in [0.25, 0.3) is 0 Å². The SMILES string of the molecule is O=C(c1ccco1)N1CC(OCc2ccc(Cl)cc2)C1. The largest absolute Gasteiger partial charge is 0.459 e. The first-order valence-electron chi connectivity index (χ1n) is 6.41. The van der Waals surface area contributed by atoms with Gasteiger partial charge in [0.2, 0.25) is 0 Å². The van der Waals surface area contributed by atoms with Crippen molar-refractivity contribution in [3.8, 4) is 0 Å². The van der Waals surface area contributed by atoms with Crippen molar-refractivity contribution in [1.82, 2.24) is 4.90 Å². The molecular weight excluding hydrogens is 278 g/mol. The van der Waals surface area contributed by atoms with Crippen molar-refractivity contribution in [1.29, 1.82) is 0 Å². The molecule has 0 radical (unpaired) electrons. The molecule has 1 aliphatic rings. The second-order valence-electron chi connectivity index (χ2n) is 4.75. The molecule has 0 aliphatic carbocycles. The van der Waals surface area contributed by atoms with Crippen LogP contribution >= 0.6 is 11.6 Å². The molecule has 0 atom stereocenters. The lowest BCUT2D eigenvalue weighted by molar-refractivity contribution is -0.0511. The summed E-state index contributed by atoms with van der Waals surface area (Å²) in [6.07, 6.45) is 1.59. The van der Waals surface area contributed by atoms with Gasteiger partial charge in [-0.3, -0.25) is 4.79 Å². The highest BCUT2D eigenvalue weighted by Gasteiger charge is 2.32. The Balaban J connectivity index is 1.44. The summed E-state index contributed by atoms with van der Waals surface area (Å²) in [5.74, 6) is 0.294. The molecule has 2 aromatic rings. The van der Waals surface area contributed by atoms with E-state index in [1.807, 2.05) is 24.3 Å². The van der Waals surface area contributed by atoms with Gasteiger partial charge in [0.05, 0.1) is 19.0 Å². The van der Waals surface area contributed by atoms with Crippen LogP contribution in [0.3, 0.4) is 0 Å². The summed E-state index contributed by atoms with van der Waals surface area (Å²) in [6.45, 7) is 1.74. The minimum absolute atomic E-state index is 0.0821. The van der Waals surface area contributed by atoms with E-state index in [1.165, 1.54) is 6.26 Å². The highest BCUT2D eigenvalue weighted by molar-refractivity contribution is 6.30. The summed E-state index contributed by atoms with van der Waals surface area (Å²) < 4.78 is 10.8. The molecule has 1 aliphatic heterocycles. The van der Waals surface area contributed by atoms with E-state index < -0.39 is 0 Å². The van der Waals surface area contributed by atoms with Crippen molar-refractivity contribution in [2.45, 2.75) is 12.7 Å². The van der Waals surface area contributed by atoms with Crippen molar-refractivity contribution in [3.63, 3.8) is 0 Å². The zero-order valence-electron chi connectivity index (χ0n) is 10.8. The van der Waals surface area contributed by atoms with Gasteiger partial charge in [0.15, 0.2) is 5.76 Å². The van der Waals surface area contributed by atoms with Gasteiger partial charge in [-0.25, -0.2) is 0 Å². The van der Waals surface area contributed by atoms with Gasteiger partial charge in [0, 0.05) is 18.1 Å². The van der Waals surface area contributed by atoms with Gasteiger partial charge in [-0.2, -0.15) is 0 Å². The molecule has 0 unspecified atom stereocenters. The van der Waals surface area contributed by atoms with Crippen LogP contribution in [0.5, 0.6) is 0 Å². The standard InChI is InChI=1S/C15H14ClNO3/c16-12-5-3-11(4-6-12)10-20-13-8-17(9-13)15(18)14-2-1-7-19-14/h1-7,13H,8-10H2. The van der Waals surface area contributed by atoms with Gasteiger partial charge in [0.25, 0.3) is 5.91 Å². The molecule has 104 valence electrons. The first-order valence-corrected chi connectivity index (χ1v) is 6.79. The predicted molar refractivity (Wildman–Crippen MR) is 74.6 cm³/mol. The molecule has 2 heterocycles. The molecule has 0 bridgehead atoms. The van der Waals surface area contributed by atoms with E-state index in [-0.39, 0.29) is 12.0 Å². The summed E-state index contributed by atoms with van der Waals surface area (Å²) in [5.41, 5.74) is 1.07. The van der Waals surface area contributed by atoms with Crippen LogP contribution in [0.15, 0.2) is 47.1 Å².